The van der Waals surface area contributed by atoms with Crippen LogP contribution >= 0.6 is 0 Å². The second-order valence-electron chi connectivity index (χ2n) is 3.96. The van der Waals surface area contributed by atoms with Gasteiger partial charge in [-0.05, 0) is 24.0 Å². The van der Waals surface area contributed by atoms with Crippen molar-refractivity contribution in [3.05, 3.63) is 29.8 Å². The van der Waals surface area contributed by atoms with Crippen LogP contribution in [0.2, 0.25) is 0 Å². The van der Waals surface area contributed by atoms with Crippen LogP contribution in [-0.4, -0.2) is 5.11 Å². The van der Waals surface area contributed by atoms with Gasteiger partial charge in [0.25, 0.3) is 0 Å². The van der Waals surface area contributed by atoms with E-state index in [0.717, 1.165) is 5.56 Å². The summed E-state index contributed by atoms with van der Waals surface area (Å²) < 4.78 is 0. The fourth-order valence-corrected chi connectivity index (χ4v) is 1.76. The van der Waals surface area contributed by atoms with Crippen molar-refractivity contribution in [3.8, 4) is 5.75 Å². The number of phenols is 1. The van der Waals surface area contributed by atoms with Gasteiger partial charge in [-0.1, -0.05) is 51.3 Å². The molecule has 0 heterocycles. The van der Waals surface area contributed by atoms with Crippen molar-refractivity contribution in [2.75, 3.05) is 0 Å². The summed E-state index contributed by atoms with van der Waals surface area (Å²) in [5.41, 5.74) is 1.09. The van der Waals surface area contributed by atoms with E-state index in [1.54, 1.807) is 6.07 Å². The minimum Gasteiger partial charge on any atom is -0.508 e. The molecule has 0 bridgehead atoms. The third-order valence-electron chi connectivity index (χ3n) is 2.71. The Hall–Kier alpha value is -0.980. The lowest BCUT2D eigenvalue weighted by Gasteiger charge is -2.12. The minimum atomic E-state index is 0.441. The highest BCUT2D eigenvalue weighted by Crippen LogP contribution is 2.28. The second kappa shape index (κ2) is 5.69. The lowest BCUT2D eigenvalue weighted by atomic mass is 9.94. The number of unbranched alkanes of at least 4 members (excludes halogenated alkanes) is 2. The van der Waals surface area contributed by atoms with Crippen molar-refractivity contribution in [2.45, 2.75) is 45.4 Å². The summed E-state index contributed by atoms with van der Waals surface area (Å²) in [5.74, 6) is 0.916. The topological polar surface area (TPSA) is 20.2 Å². The number of hydrogen-bond donors (Lipinski definition) is 1. The van der Waals surface area contributed by atoms with E-state index in [4.69, 9.17) is 0 Å². The van der Waals surface area contributed by atoms with Crippen LogP contribution in [0, 0.1) is 0 Å². The van der Waals surface area contributed by atoms with Crippen LogP contribution in [0.4, 0.5) is 0 Å². The Morgan fingerprint density at radius 2 is 1.93 bits per heavy atom. The molecule has 1 unspecified atom stereocenters. The molecule has 78 valence electrons. The lowest BCUT2D eigenvalue weighted by Crippen LogP contribution is -1.93. The van der Waals surface area contributed by atoms with E-state index >= 15 is 0 Å². The van der Waals surface area contributed by atoms with Gasteiger partial charge in [0, 0.05) is 0 Å². The van der Waals surface area contributed by atoms with Gasteiger partial charge in [-0.3, -0.25) is 0 Å². The quantitative estimate of drug-likeness (QED) is 0.697. The van der Waals surface area contributed by atoms with Gasteiger partial charge in [-0.15, -0.1) is 0 Å². The number of hydrogen-bond acceptors (Lipinski definition) is 1. The zero-order valence-electron chi connectivity index (χ0n) is 9.16. The molecule has 0 saturated heterocycles. The summed E-state index contributed by atoms with van der Waals surface area (Å²) in [6, 6.07) is 7.65. The fourth-order valence-electron chi connectivity index (χ4n) is 1.76. The van der Waals surface area contributed by atoms with Crippen LogP contribution in [0.1, 0.15) is 51.0 Å². The molecule has 0 radical (unpaired) electrons. The molecule has 0 amide bonds. The minimum absolute atomic E-state index is 0.441. The normalized spacial score (nSPS) is 12.7. The Kier molecular flexibility index (Phi) is 4.51. The van der Waals surface area contributed by atoms with Gasteiger partial charge in [0.05, 0.1) is 0 Å². The van der Waals surface area contributed by atoms with Gasteiger partial charge < -0.3 is 5.11 Å². The van der Waals surface area contributed by atoms with Crippen molar-refractivity contribution in [1.82, 2.24) is 0 Å². The van der Waals surface area contributed by atoms with E-state index in [1.807, 2.05) is 18.2 Å². The second-order valence-corrected chi connectivity index (χ2v) is 3.96. The molecular weight excluding hydrogens is 172 g/mol. The standard InChI is InChI=1S/C13H20O/c1-3-4-5-8-11(2)12-9-6-7-10-13(12)14/h6-7,9-11,14H,3-5,8H2,1-2H3. The molecule has 0 spiro atoms. The highest BCUT2D eigenvalue weighted by atomic mass is 16.3. The van der Waals surface area contributed by atoms with E-state index < -0.39 is 0 Å². The number of rotatable bonds is 5. The van der Waals surface area contributed by atoms with Crippen LogP contribution in [-0.2, 0) is 0 Å². The summed E-state index contributed by atoms with van der Waals surface area (Å²) in [5, 5.41) is 9.64. The molecule has 0 aromatic heterocycles. The Balaban J connectivity index is 2.51. The summed E-state index contributed by atoms with van der Waals surface area (Å²) >= 11 is 0. The highest BCUT2D eigenvalue weighted by Gasteiger charge is 2.08. The predicted molar refractivity (Wildman–Crippen MR) is 60.7 cm³/mol. The molecule has 14 heavy (non-hydrogen) atoms. The Labute approximate surface area is 86.8 Å². The van der Waals surface area contributed by atoms with Crippen molar-refractivity contribution in [1.29, 1.82) is 0 Å². The van der Waals surface area contributed by atoms with Gasteiger partial charge in [-0.2, -0.15) is 0 Å². The number of para-hydroxylation sites is 1. The number of phenolic OH excluding ortho intramolecular Hbond substituents is 1. The molecule has 1 rings (SSSR count). The molecule has 1 nitrogen and oxygen atoms in total. The molecule has 1 N–H and O–H groups in total. The third-order valence-corrected chi connectivity index (χ3v) is 2.71. The maximum absolute atomic E-state index is 9.64. The SMILES string of the molecule is CCCCCC(C)c1ccccc1O. The molecule has 0 aliphatic heterocycles. The molecule has 0 saturated carbocycles. The monoisotopic (exact) mass is 192 g/mol. The Morgan fingerprint density at radius 3 is 2.57 bits per heavy atom. The zero-order chi connectivity index (χ0) is 10.4. The first-order valence-corrected chi connectivity index (χ1v) is 5.53. The first-order chi connectivity index (χ1) is 6.75. The fraction of sp³-hybridized carbons (Fsp3) is 0.538. The molecule has 0 aliphatic carbocycles. The van der Waals surface area contributed by atoms with E-state index in [2.05, 4.69) is 13.8 Å². The molecule has 0 fully saturated rings. The maximum Gasteiger partial charge on any atom is 0.119 e. The molecule has 1 aromatic carbocycles. The van der Waals surface area contributed by atoms with Crippen LogP contribution in [0.3, 0.4) is 0 Å². The van der Waals surface area contributed by atoms with Gasteiger partial charge >= 0.3 is 0 Å². The zero-order valence-corrected chi connectivity index (χ0v) is 9.16. The number of aromatic hydroxyl groups is 1. The van der Waals surface area contributed by atoms with Crippen molar-refractivity contribution < 1.29 is 5.11 Å². The van der Waals surface area contributed by atoms with E-state index in [1.165, 1.54) is 25.7 Å². The van der Waals surface area contributed by atoms with Gasteiger partial charge in [0.2, 0.25) is 0 Å². The Morgan fingerprint density at radius 1 is 1.21 bits per heavy atom. The lowest BCUT2D eigenvalue weighted by molar-refractivity contribution is 0.458. The molecule has 0 aliphatic rings. The molecule has 1 atom stereocenters. The largest absolute Gasteiger partial charge is 0.508 e. The third kappa shape index (κ3) is 3.06. The van der Waals surface area contributed by atoms with Crippen LogP contribution < -0.4 is 0 Å². The number of benzene rings is 1. The van der Waals surface area contributed by atoms with Crippen molar-refractivity contribution >= 4 is 0 Å². The first kappa shape index (κ1) is 11.1. The molecule has 1 aromatic rings. The maximum atomic E-state index is 9.64. The Bertz CT molecular complexity index is 268. The summed E-state index contributed by atoms with van der Waals surface area (Å²) in [6.45, 7) is 4.40. The molecular formula is C13H20O. The summed E-state index contributed by atoms with van der Waals surface area (Å²) in [6.07, 6.45) is 4.98. The van der Waals surface area contributed by atoms with Gasteiger partial charge in [0.1, 0.15) is 5.75 Å². The predicted octanol–water partition coefficient (Wildman–Crippen LogP) is 4.08. The van der Waals surface area contributed by atoms with Gasteiger partial charge in [-0.25, -0.2) is 0 Å². The van der Waals surface area contributed by atoms with Crippen LogP contribution in [0.25, 0.3) is 0 Å². The average molecular weight is 192 g/mol. The van der Waals surface area contributed by atoms with Crippen LogP contribution in [0.5, 0.6) is 5.75 Å². The first-order valence-electron chi connectivity index (χ1n) is 5.53. The van der Waals surface area contributed by atoms with E-state index in [0.29, 0.717) is 11.7 Å². The van der Waals surface area contributed by atoms with E-state index in [9.17, 15) is 5.11 Å². The van der Waals surface area contributed by atoms with Gasteiger partial charge in [0.15, 0.2) is 0 Å². The van der Waals surface area contributed by atoms with Crippen molar-refractivity contribution in [2.24, 2.45) is 0 Å². The van der Waals surface area contributed by atoms with E-state index in [-0.39, 0.29) is 0 Å². The smallest absolute Gasteiger partial charge is 0.119 e. The summed E-state index contributed by atoms with van der Waals surface area (Å²) in [7, 11) is 0. The van der Waals surface area contributed by atoms with Crippen LogP contribution in [0.15, 0.2) is 24.3 Å². The highest BCUT2D eigenvalue weighted by molar-refractivity contribution is 5.34. The molecule has 1 heteroatoms. The summed E-state index contributed by atoms with van der Waals surface area (Å²) in [4.78, 5) is 0. The average Bonchev–Trinajstić information content (AvgIpc) is 2.18. The van der Waals surface area contributed by atoms with Crippen molar-refractivity contribution in [3.63, 3.8) is 0 Å².